The van der Waals surface area contributed by atoms with Gasteiger partial charge in [0.05, 0.1) is 12.5 Å². The lowest BCUT2D eigenvalue weighted by molar-refractivity contribution is -0.162. The quantitative estimate of drug-likeness (QED) is 0.527. The number of carbonyl (C=O) groups excluding carboxylic acids is 2. The number of alkyl halides is 1. The summed E-state index contributed by atoms with van der Waals surface area (Å²) >= 11 is 5.63. The van der Waals surface area contributed by atoms with Crippen molar-refractivity contribution in [1.82, 2.24) is 0 Å². The van der Waals surface area contributed by atoms with Gasteiger partial charge >= 0.3 is 11.9 Å². The van der Waals surface area contributed by atoms with E-state index in [4.69, 9.17) is 25.8 Å². The molecular weight excluding hydrogens is 224 g/mol. The number of hydrogen-bond acceptors (Lipinski definition) is 5. The van der Waals surface area contributed by atoms with Crippen LogP contribution in [0.4, 0.5) is 0 Å². The third kappa shape index (κ3) is 3.35. The fraction of sp³-hybridized carbons (Fsp3) is 0.778. The Morgan fingerprint density at radius 1 is 1.33 bits per heavy atom. The maximum absolute atomic E-state index is 10.8. The molecule has 0 bridgehead atoms. The average Bonchev–Trinajstić information content (AvgIpc) is 2.47. The number of hydrogen-bond donors (Lipinski definition) is 0. The normalized spacial score (nSPS) is 29.9. The molecule has 0 spiro atoms. The molecule has 0 amide bonds. The van der Waals surface area contributed by atoms with Gasteiger partial charge in [-0.15, -0.1) is 11.6 Å². The number of rotatable bonds is 3. The van der Waals surface area contributed by atoms with Crippen molar-refractivity contribution in [3.05, 3.63) is 0 Å². The highest BCUT2D eigenvalue weighted by Crippen LogP contribution is 2.22. The molecule has 0 N–H and O–H groups in total. The summed E-state index contributed by atoms with van der Waals surface area (Å²) in [6.45, 7) is 2.78. The lowest BCUT2D eigenvalue weighted by Crippen LogP contribution is -2.38. The van der Waals surface area contributed by atoms with Gasteiger partial charge in [-0.2, -0.15) is 0 Å². The van der Waals surface area contributed by atoms with E-state index in [1.807, 2.05) is 0 Å². The molecule has 5 nitrogen and oxygen atoms in total. The topological polar surface area (TPSA) is 61.8 Å². The van der Waals surface area contributed by atoms with Gasteiger partial charge < -0.3 is 14.2 Å². The van der Waals surface area contributed by atoms with Gasteiger partial charge in [-0.1, -0.05) is 0 Å². The molecule has 15 heavy (non-hydrogen) atoms. The van der Waals surface area contributed by atoms with E-state index in [2.05, 4.69) is 0 Å². The zero-order chi connectivity index (χ0) is 11.4. The number of esters is 2. The highest BCUT2D eigenvalue weighted by Gasteiger charge is 2.41. The van der Waals surface area contributed by atoms with Crippen LogP contribution >= 0.6 is 11.6 Å². The van der Waals surface area contributed by atoms with E-state index < -0.39 is 30.3 Å². The summed E-state index contributed by atoms with van der Waals surface area (Å²) in [5.74, 6) is -0.691. The molecule has 3 unspecified atom stereocenters. The van der Waals surface area contributed by atoms with E-state index >= 15 is 0 Å². The molecule has 0 saturated carbocycles. The summed E-state index contributed by atoms with van der Waals surface area (Å²) in [5.41, 5.74) is 0. The molecule has 86 valence electrons. The van der Waals surface area contributed by atoms with Gasteiger partial charge in [-0.05, 0) is 0 Å². The minimum Gasteiger partial charge on any atom is -0.456 e. The van der Waals surface area contributed by atoms with Crippen molar-refractivity contribution >= 4 is 23.5 Å². The van der Waals surface area contributed by atoms with Crippen molar-refractivity contribution < 1.29 is 23.8 Å². The lowest BCUT2D eigenvalue weighted by atomic mass is 10.1. The van der Waals surface area contributed by atoms with E-state index in [9.17, 15) is 9.59 Å². The van der Waals surface area contributed by atoms with Crippen LogP contribution in [0, 0.1) is 0 Å². The standard InChI is InChI=1S/C9H13ClO5/c1-5(11)14-8-4-13-7(3-10)9(8)15-6(2)12/h7-9H,3-4H2,1-2H3. The number of carbonyl (C=O) groups is 2. The van der Waals surface area contributed by atoms with Crippen LogP contribution < -0.4 is 0 Å². The third-order valence-corrected chi connectivity index (χ3v) is 2.28. The summed E-state index contributed by atoms with van der Waals surface area (Å²) < 4.78 is 15.2. The van der Waals surface area contributed by atoms with E-state index in [-0.39, 0.29) is 12.5 Å². The van der Waals surface area contributed by atoms with Crippen LogP contribution in [0.15, 0.2) is 0 Å². The first kappa shape index (κ1) is 12.3. The molecule has 1 heterocycles. The Hall–Kier alpha value is -0.810. The largest absolute Gasteiger partial charge is 0.456 e. The van der Waals surface area contributed by atoms with Crippen molar-refractivity contribution in [2.24, 2.45) is 0 Å². The molecule has 0 aromatic rings. The highest BCUT2D eigenvalue weighted by atomic mass is 35.5. The average molecular weight is 237 g/mol. The summed E-state index contributed by atoms with van der Waals surface area (Å²) in [4.78, 5) is 21.6. The zero-order valence-electron chi connectivity index (χ0n) is 8.57. The van der Waals surface area contributed by atoms with Gasteiger partial charge in [-0.3, -0.25) is 9.59 Å². The molecule has 0 aromatic carbocycles. The Kier molecular flexibility index (Phi) is 4.35. The second kappa shape index (κ2) is 5.32. The van der Waals surface area contributed by atoms with Crippen LogP contribution in [0.25, 0.3) is 0 Å². The van der Waals surface area contributed by atoms with Crippen molar-refractivity contribution in [2.45, 2.75) is 32.2 Å². The van der Waals surface area contributed by atoms with Gasteiger partial charge in [0.15, 0.2) is 12.2 Å². The van der Waals surface area contributed by atoms with E-state index in [0.717, 1.165) is 0 Å². The second-order valence-corrected chi connectivity index (χ2v) is 3.56. The van der Waals surface area contributed by atoms with Gasteiger partial charge in [0.2, 0.25) is 0 Å². The van der Waals surface area contributed by atoms with Crippen molar-refractivity contribution in [3.63, 3.8) is 0 Å². The molecule has 6 heteroatoms. The fourth-order valence-corrected chi connectivity index (χ4v) is 1.70. The van der Waals surface area contributed by atoms with E-state index in [0.29, 0.717) is 0 Å². The smallest absolute Gasteiger partial charge is 0.303 e. The first-order valence-electron chi connectivity index (χ1n) is 4.56. The summed E-state index contributed by atoms with van der Waals surface area (Å²) in [6.07, 6.45) is -1.58. The molecular formula is C9H13ClO5. The van der Waals surface area contributed by atoms with Crippen LogP contribution in [0.3, 0.4) is 0 Å². The number of halogens is 1. The van der Waals surface area contributed by atoms with Gasteiger partial charge in [-0.25, -0.2) is 0 Å². The lowest BCUT2D eigenvalue weighted by Gasteiger charge is -2.20. The number of ether oxygens (including phenoxy) is 3. The van der Waals surface area contributed by atoms with E-state index in [1.165, 1.54) is 13.8 Å². The predicted octanol–water partition coefficient (Wildman–Crippen LogP) is 0.487. The fourth-order valence-electron chi connectivity index (χ4n) is 1.44. The molecule has 1 rings (SSSR count). The van der Waals surface area contributed by atoms with Gasteiger partial charge in [0.25, 0.3) is 0 Å². The molecule has 1 aliphatic rings. The maximum atomic E-state index is 10.8. The van der Waals surface area contributed by atoms with Gasteiger partial charge in [0.1, 0.15) is 6.10 Å². The Labute approximate surface area is 92.6 Å². The zero-order valence-corrected chi connectivity index (χ0v) is 9.32. The van der Waals surface area contributed by atoms with Crippen LogP contribution in [-0.4, -0.2) is 42.7 Å². The van der Waals surface area contributed by atoms with Crippen molar-refractivity contribution in [3.8, 4) is 0 Å². The molecule has 0 radical (unpaired) electrons. The minimum atomic E-state index is -0.608. The first-order valence-corrected chi connectivity index (χ1v) is 5.10. The van der Waals surface area contributed by atoms with Crippen molar-refractivity contribution in [1.29, 1.82) is 0 Å². The monoisotopic (exact) mass is 236 g/mol. The summed E-state index contributed by atoms with van der Waals surface area (Å²) in [6, 6.07) is 0. The van der Waals surface area contributed by atoms with Crippen molar-refractivity contribution in [2.75, 3.05) is 12.5 Å². The maximum Gasteiger partial charge on any atom is 0.303 e. The van der Waals surface area contributed by atoms with Gasteiger partial charge in [0, 0.05) is 13.8 Å². The van der Waals surface area contributed by atoms with Crippen LogP contribution in [0.2, 0.25) is 0 Å². The first-order chi connectivity index (χ1) is 7.04. The Morgan fingerprint density at radius 2 is 1.93 bits per heavy atom. The molecule has 3 atom stereocenters. The molecule has 1 fully saturated rings. The molecule has 1 aliphatic heterocycles. The minimum absolute atomic E-state index is 0.190. The predicted molar refractivity (Wildman–Crippen MR) is 51.6 cm³/mol. The Morgan fingerprint density at radius 3 is 2.40 bits per heavy atom. The Bertz CT molecular complexity index is 255. The SMILES string of the molecule is CC(=O)OC1COC(CCl)C1OC(C)=O. The highest BCUT2D eigenvalue weighted by molar-refractivity contribution is 6.18. The summed E-state index contributed by atoms with van der Waals surface area (Å²) in [5, 5.41) is 0. The van der Waals surface area contributed by atoms with Crippen LogP contribution in [-0.2, 0) is 23.8 Å². The third-order valence-electron chi connectivity index (χ3n) is 1.98. The molecule has 0 aliphatic carbocycles. The molecule has 1 saturated heterocycles. The van der Waals surface area contributed by atoms with Crippen LogP contribution in [0.1, 0.15) is 13.8 Å². The Balaban J connectivity index is 2.62. The van der Waals surface area contributed by atoms with E-state index in [1.54, 1.807) is 0 Å². The van der Waals surface area contributed by atoms with Crippen LogP contribution in [0.5, 0.6) is 0 Å². The molecule has 0 aromatic heterocycles. The summed E-state index contributed by atoms with van der Waals surface area (Å²) in [7, 11) is 0. The second-order valence-electron chi connectivity index (χ2n) is 3.25.